The molecule has 212 valence electrons. The molecule has 0 atom stereocenters. The molecule has 0 saturated heterocycles. The summed E-state index contributed by atoms with van der Waals surface area (Å²) in [6.07, 6.45) is 5.66. The van der Waals surface area contributed by atoms with E-state index in [1.165, 1.54) is 54.9 Å². The van der Waals surface area contributed by atoms with Gasteiger partial charge in [0.15, 0.2) is 0 Å². The lowest BCUT2D eigenvalue weighted by atomic mass is 9.81. The van der Waals surface area contributed by atoms with Crippen LogP contribution >= 0.6 is 0 Å². The van der Waals surface area contributed by atoms with Crippen molar-refractivity contribution in [2.45, 2.75) is 93.9 Å². The average molecular weight is 541 g/mol. The normalized spacial score (nSPS) is 11.5. The van der Waals surface area contributed by atoms with E-state index in [2.05, 4.69) is 53.7 Å². The molecule has 4 rings (SSSR count). The summed E-state index contributed by atoms with van der Waals surface area (Å²) in [7, 11) is 0. The molecule has 0 amide bonds. The van der Waals surface area contributed by atoms with Gasteiger partial charge in [0.05, 0.1) is 24.3 Å². The van der Waals surface area contributed by atoms with Crippen LogP contribution in [0, 0.1) is 0 Å². The zero-order valence-corrected chi connectivity index (χ0v) is 25.6. The fourth-order valence-electron chi connectivity index (χ4n) is 6.86. The molecule has 0 bridgehead atoms. The zero-order valence-electron chi connectivity index (χ0n) is 25.6. The van der Waals surface area contributed by atoms with Crippen LogP contribution in [0.25, 0.3) is 32.3 Å². The number of esters is 2. The Morgan fingerprint density at radius 3 is 0.975 bits per heavy atom. The molecule has 0 fully saturated rings. The summed E-state index contributed by atoms with van der Waals surface area (Å²) in [5, 5.41) is 7.20. The standard InChI is InChI=1S/C36H44O4/c1-9-21-22(10-2)24(12-4)28-18-30-26(14-6)32-20-34(36(38)40-16-8)33(35(37)39-15-7)19-31(32)25(13-5)29(30)17-27(28)23(21)11-3/h17-20H,9-16H2,1-8H3. The number of fused-ring (bicyclic) bond motifs is 3. The molecule has 0 aliphatic rings. The number of rotatable bonds is 10. The van der Waals surface area contributed by atoms with Crippen molar-refractivity contribution in [2.75, 3.05) is 13.2 Å². The van der Waals surface area contributed by atoms with Crippen molar-refractivity contribution in [2.24, 2.45) is 0 Å². The average Bonchev–Trinajstić information content (AvgIpc) is 2.97. The van der Waals surface area contributed by atoms with Gasteiger partial charge in [0.25, 0.3) is 0 Å². The zero-order chi connectivity index (χ0) is 29.1. The van der Waals surface area contributed by atoms with Gasteiger partial charge in [-0.3, -0.25) is 0 Å². The first-order valence-electron chi connectivity index (χ1n) is 15.2. The summed E-state index contributed by atoms with van der Waals surface area (Å²) in [5.74, 6) is -0.988. The Bertz CT molecular complexity index is 1490. The van der Waals surface area contributed by atoms with Crippen LogP contribution in [0.15, 0.2) is 24.3 Å². The quantitative estimate of drug-likeness (QED) is 0.149. The number of hydrogen-bond acceptors (Lipinski definition) is 4. The van der Waals surface area contributed by atoms with E-state index in [0.29, 0.717) is 0 Å². The van der Waals surface area contributed by atoms with Crippen molar-refractivity contribution in [3.8, 4) is 0 Å². The summed E-state index contributed by atoms with van der Waals surface area (Å²) in [6, 6.07) is 8.58. The van der Waals surface area contributed by atoms with Gasteiger partial charge >= 0.3 is 11.9 Å². The largest absolute Gasteiger partial charge is 0.462 e. The second-order valence-corrected chi connectivity index (χ2v) is 10.3. The molecule has 4 aromatic rings. The van der Waals surface area contributed by atoms with Crippen molar-refractivity contribution in [3.63, 3.8) is 0 Å². The molecule has 0 heterocycles. The van der Waals surface area contributed by atoms with E-state index in [-0.39, 0.29) is 24.3 Å². The van der Waals surface area contributed by atoms with Crippen LogP contribution in [0.1, 0.15) is 109 Å². The van der Waals surface area contributed by atoms with Crippen molar-refractivity contribution in [1.29, 1.82) is 0 Å². The lowest BCUT2D eigenvalue weighted by Gasteiger charge is -2.23. The van der Waals surface area contributed by atoms with Crippen LogP contribution < -0.4 is 0 Å². The lowest BCUT2D eigenvalue weighted by molar-refractivity contribution is 0.0479. The molecule has 4 heteroatoms. The highest BCUT2D eigenvalue weighted by Gasteiger charge is 2.24. The Labute approximate surface area is 239 Å². The maximum Gasteiger partial charge on any atom is 0.339 e. The van der Waals surface area contributed by atoms with E-state index >= 15 is 0 Å². The third kappa shape index (κ3) is 4.76. The predicted molar refractivity (Wildman–Crippen MR) is 167 cm³/mol. The topological polar surface area (TPSA) is 52.6 Å². The van der Waals surface area contributed by atoms with Gasteiger partial charge in [-0.2, -0.15) is 0 Å². The summed E-state index contributed by atoms with van der Waals surface area (Å²) >= 11 is 0. The van der Waals surface area contributed by atoms with Crippen LogP contribution in [0.4, 0.5) is 0 Å². The molecule has 0 radical (unpaired) electrons. The smallest absolute Gasteiger partial charge is 0.339 e. The summed E-state index contributed by atoms with van der Waals surface area (Å²) in [6.45, 7) is 17.5. The Balaban J connectivity index is 2.26. The van der Waals surface area contributed by atoms with Gasteiger partial charge in [0, 0.05) is 0 Å². The molecule has 40 heavy (non-hydrogen) atoms. The third-order valence-electron chi connectivity index (χ3n) is 8.47. The summed E-state index contributed by atoms with van der Waals surface area (Å²) in [5.41, 5.74) is 8.86. The molecule has 4 aromatic carbocycles. The van der Waals surface area contributed by atoms with Crippen molar-refractivity contribution in [3.05, 3.63) is 68.8 Å². The number of hydrogen-bond donors (Lipinski definition) is 0. The Morgan fingerprint density at radius 1 is 0.425 bits per heavy atom. The minimum absolute atomic E-state index is 0.239. The van der Waals surface area contributed by atoms with Gasteiger partial charge in [0.1, 0.15) is 0 Å². The third-order valence-corrected chi connectivity index (χ3v) is 8.47. The maximum atomic E-state index is 13.1. The maximum absolute atomic E-state index is 13.1. The molecule has 0 aliphatic heterocycles. The fourth-order valence-corrected chi connectivity index (χ4v) is 6.86. The van der Waals surface area contributed by atoms with Gasteiger partial charge < -0.3 is 9.47 Å². The molecule has 0 saturated carbocycles. The minimum atomic E-state index is -0.494. The predicted octanol–water partition coefficient (Wildman–Crippen LogP) is 8.87. The molecule has 0 aliphatic carbocycles. The van der Waals surface area contributed by atoms with Crippen molar-refractivity contribution < 1.29 is 19.1 Å². The van der Waals surface area contributed by atoms with Gasteiger partial charge in [0.2, 0.25) is 0 Å². The molecular weight excluding hydrogens is 496 g/mol. The summed E-state index contributed by atoms with van der Waals surface area (Å²) < 4.78 is 10.8. The Morgan fingerprint density at radius 2 is 0.700 bits per heavy atom. The van der Waals surface area contributed by atoms with Gasteiger partial charge in [-0.25, -0.2) is 9.59 Å². The molecular formula is C36H44O4. The highest BCUT2D eigenvalue weighted by Crippen LogP contribution is 2.41. The van der Waals surface area contributed by atoms with E-state index in [1.54, 1.807) is 13.8 Å². The first-order chi connectivity index (χ1) is 19.3. The minimum Gasteiger partial charge on any atom is -0.462 e. The molecule has 0 N–H and O–H groups in total. The highest BCUT2D eigenvalue weighted by atomic mass is 16.5. The second-order valence-electron chi connectivity index (χ2n) is 10.3. The van der Waals surface area contributed by atoms with Crippen LogP contribution in [-0.4, -0.2) is 25.2 Å². The van der Waals surface area contributed by atoms with E-state index < -0.39 is 11.9 Å². The fraction of sp³-hybridized carbons (Fsp3) is 0.444. The first-order valence-corrected chi connectivity index (χ1v) is 15.2. The Hall–Kier alpha value is -3.40. The van der Waals surface area contributed by atoms with Crippen LogP contribution in [0.5, 0.6) is 0 Å². The van der Waals surface area contributed by atoms with E-state index in [9.17, 15) is 9.59 Å². The highest BCUT2D eigenvalue weighted by molar-refractivity contribution is 6.15. The van der Waals surface area contributed by atoms with Crippen LogP contribution in [0.3, 0.4) is 0 Å². The van der Waals surface area contributed by atoms with E-state index in [0.717, 1.165) is 49.3 Å². The molecule has 4 nitrogen and oxygen atoms in total. The molecule has 0 spiro atoms. The van der Waals surface area contributed by atoms with Crippen molar-refractivity contribution in [1.82, 2.24) is 0 Å². The SMILES string of the molecule is CCOC(=O)c1cc2c(CC)c3cc4c(CC)c(CC)c(CC)c(CC)c4cc3c(CC)c2cc1C(=O)OCC. The molecule has 0 aromatic heterocycles. The number of aryl methyl sites for hydroxylation is 4. The summed E-state index contributed by atoms with van der Waals surface area (Å²) in [4.78, 5) is 26.1. The number of carbonyl (C=O) groups excluding carboxylic acids is 2. The monoisotopic (exact) mass is 540 g/mol. The van der Waals surface area contributed by atoms with Gasteiger partial charge in [-0.1, -0.05) is 41.5 Å². The first kappa shape index (κ1) is 29.6. The number of carbonyl (C=O) groups is 2. The van der Waals surface area contributed by atoms with Crippen LogP contribution in [-0.2, 0) is 48.0 Å². The Kier molecular flexibility index (Phi) is 9.18. The van der Waals surface area contributed by atoms with E-state index in [4.69, 9.17) is 9.47 Å². The van der Waals surface area contributed by atoms with Gasteiger partial charge in [-0.05, 0) is 142 Å². The number of benzene rings is 4. The lowest BCUT2D eigenvalue weighted by Crippen LogP contribution is -2.15. The van der Waals surface area contributed by atoms with E-state index in [1.807, 2.05) is 12.1 Å². The van der Waals surface area contributed by atoms with Crippen LogP contribution in [0.2, 0.25) is 0 Å². The second kappa shape index (κ2) is 12.4. The molecule has 0 unspecified atom stereocenters. The van der Waals surface area contributed by atoms with Crippen molar-refractivity contribution >= 4 is 44.3 Å². The number of ether oxygens (including phenoxy) is 2. The van der Waals surface area contributed by atoms with Gasteiger partial charge in [-0.15, -0.1) is 0 Å².